The SMILES string of the molecule is CCCN(C)c1cccc(F)c1C(=N)N. The standard InChI is InChI=1S/C11H16FN3/c1-3-7-15(2)9-6-4-5-8(12)10(9)11(13)14/h4-6H,3,7H2,1-2H3,(H3,13,14). The zero-order chi connectivity index (χ0) is 11.4. The number of hydrogen-bond acceptors (Lipinski definition) is 2. The predicted molar refractivity (Wildman–Crippen MR) is 61.0 cm³/mol. The van der Waals surface area contributed by atoms with Gasteiger partial charge in [0.1, 0.15) is 11.7 Å². The molecular weight excluding hydrogens is 193 g/mol. The van der Waals surface area contributed by atoms with Crippen molar-refractivity contribution in [3.8, 4) is 0 Å². The first-order chi connectivity index (χ1) is 7.07. The quantitative estimate of drug-likeness (QED) is 0.588. The molecule has 0 aliphatic carbocycles. The third-order valence-corrected chi connectivity index (χ3v) is 2.23. The molecule has 0 saturated carbocycles. The van der Waals surface area contributed by atoms with Crippen LogP contribution in [0.1, 0.15) is 18.9 Å². The summed E-state index contributed by atoms with van der Waals surface area (Å²) in [5.41, 5.74) is 6.23. The molecule has 0 radical (unpaired) electrons. The maximum absolute atomic E-state index is 13.5. The fourth-order valence-corrected chi connectivity index (χ4v) is 1.55. The van der Waals surface area contributed by atoms with Crippen LogP contribution in [0.5, 0.6) is 0 Å². The Morgan fingerprint density at radius 2 is 2.20 bits per heavy atom. The van der Waals surface area contributed by atoms with Crippen molar-refractivity contribution >= 4 is 11.5 Å². The summed E-state index contributed by atoms with van der Waals surface area (Å²) >= 11 is 0. The molecule has 1 aromatic rings. The smallest absolute Gasteiger partial charge is 0.136 e. The molecule has 0 saturated heterocycles. The Kier molecular flexibility index (Phi) is 3.66. The first-order valence-electron chi connectivity index (χ1n) is 4.92. The second-order valence-electron chi connectivity index (χ2n) is 3.47. The Morgan fingerprint density at radius 1 is 1.53 bits per heavy atom. The van der Waals surface area contributed by atoms with E-state index in [1.807, 2.05) is 18.9 Å². The molecule has 15 heavy (non-hydrogen) atoms. The third-order valence-electron chi connectivity index (χ3n) is 2.23. The molecule has 0 aliphatic heterocycles. The minimum atomic E-state index is -0.442. The average molecular weight is 209 g/mol. The number of anilines is 1. The zero-order valence-corrected chi connectivity index (χ0v) is 9.05. The number of benzene rings is 1. The van der Waals surface area contributed by atoms with Crippen LogP contribution >= 0.6 is 0 Å². The van der Waals surface area contributed by atoms with Gasteiger partial charge in [0, 0.05) is 13.6 Å². The summed E-state index contributed by atoms with van der Waals surface area (Å²) in [5, 5.41) is 7.35. The molecule has 1 rings (SSSR count). The third kappa shape index (κ3) is 2.46. The number of amidine groups is 1. The molecule has 0 aliphatic rings. The average Bonchev–Trinajstić information content (AvgIpc) is 2.17. The van der Waals surface area contributed by atoms with Gasteiger partial charge in [-0.25, -0.2) is 4.39 Å². The first-order valence-corrected chi connectivity index (χ1v) is 4.92. The van der Waals surface area contributed by atoms with Crippen molar-refractivity contribution in [3.63, 3.8) is 0 Å². The topological polar surface area (TPSA) is 53.1 Å². The molecule has 0 fully saturated rings. The maximum atomic E-state index is 13.5. The van der Waals surface area contributed by atoms with Crippen molar-refractivity contribution in [2.24, 2.45) is 5.73 Å². The van der Waals surface area contributed by atoms with E-state index >= 15 is 0 Å². The van der Waals surface area contributed by atoms with Crippen molar-refractivity contribution in [3.05, 3.63) is 29.6 Å². The minimum Gasteiger partial charge on any atom is -0.384 e. The Balaban J connectivity index is 3.16. The molecule has 4 heteroatoms. The van der Waals surface area contributed by atoms with Gasteiger partial charge in [-0.05, 0) is 18.6 Å². The summed E-state index contributed by atoms with van der Waals surface area (Å²) in [6.45, 7) is 2.85. The molecular formula is C11H16FN3. The Morgan fingerprint density at radius 3 is 2.73 bits per heavy atom. The number of nitrogen functional groups attached to an aromatic ring is 1. The second kappa shape index (κ2) is 4.77. The van der Waals surface area contributed by atoms with Crippen molar-refractivity contribution in [2.45, 2.75) is 13.3 Å². The van der Waals surface area contributed by atoms with Gasteiger partial charge in [0.15, 0.2) is 0 Å². The first kappa shape index (κ1) is 11.5. The van der Waals surface area contributed by atoms with Crippen LogP contribution in [0.3, 0.4) is 0 Å². The largest absolute Gasteiger partial charge is 0.384 e. The highest BCUT2D eigenvalue weighted by Gasteiger charge is 2.13. The van der Waals surface area contributed by atoms with Crippen LogP contribution in [0.15, 0.2) is 18.2 Å². The van der Waals surface area contributed by atoms with E-state index in [4.69, 9.17) is 11.1 Å². The van der Waals surface area contributed by atoms with Gasteiger partial charge < -0.3 is 10.6 Å². The maximum Gasteiger partial charge on any atom is 0.136 e. The highest BCUT2D eigenvalue weighted by atomic mass is 19.1. The summed E-state index contributed by atoms with van der Waals surface area (Å²) in [5.74, 6) is -0.672. The van der Waals surface area contributed by atoms with Crippen LogP contribution < -0.4 is 10.6 Å². The fraction of sp³-hybridized carbons (Fsp3) is 0.364. The highest BCUT2D eigenvalue weighted by Crippen LogP contribution is 2.21. The van der Waals surface area contributed by atoms with Gasteiger partial charge in [0.05, 0.1) is 11.3 Å². The molecule has 82 valence electrons. The number of rotatable bonds is 4. The van der Waals surface area contributed by atoms with Gasteiger partial charge >= 0.3 is 0 Å². The number of nitrogens with two attached hydrogens (primary N) is 1. The molecule has 0 bridgehead atoms. The molecule has 0 spiro atoms. The van der Waals surface area contributed by atoms with Gasteiger partial charge in [-0.2, -0.15) is 0 Å². The minimum absolute atomic E-state index is 0.188. The van der Waals surface area contributed by atoms with E-state index in [0.29, 0.717) is 5.69 Å². The van der Waals surface area contributed by atoms with E-state index in [0.717, 1.165) is 13.0 Å². The number of hydrogen-bond donors (Lipinski definition) is 2. The Bertz CT molecular complexity index is 363. The molecule has 0 atom stereocenters. The Labute approximate surface area is 89.2 Å². The van der Waals surface area contributed by atoms with Gasteiger partial charge in [0.25, 0.3) is 0 Å². The normalized spacial score (nSPS) is 10.1. The van der Waals surface area contributed by atoms with Gasteiger partial charge in [-0.3, -0.25) is 5.41 Å². The molecule has 0 unspecified atom stereocenters. The number of halogens is 1. The lowest BCUT2D eigenvalue weighted by Gasteiger charge is -2.21. The number of nitrogens with zero attached hydrogens (tertiary/aromatic N) is 1. The molecule has 0 heterocycles. The van der Waals surface area contributed by atoms with Crippen molar-refractivity contribution in [1.29, 1.82) is 5.41 Å². The van der Waals surface area contributed by atoms with E-state index in [-0.39, 0.29) is 11.4 Å². The lowest BCUT2D eigenvalue weighted by molar-refractivity contribution is 0.624. The van der Waals surface area contributed by atoms with Crippen molar-refractivity contribution < 1.29 is 4.39 Å². The van der Waals surface area contributed by atoms with E-state index in [2.05, 4.69) is 0 Å². The highest BCUT2D eigenvalue weighted by molar-refractivity contribution is 6.00. The molecule has 0 amide bonds. The van der Waals surface area contributed by atoms with Crippen LogP contribution in [-0.4, -0.2) is 19.4 Å². The molecule has 3 nitrogen and oxygen atoms in total. The monoisotopic (exact) mass is 209 g/mol. The van der Waals surface area contributed by atoms with Crippen LogP contribution in [0.2, 0.25) is 0 Å². The number of nitrogens with one attached hydrogen (secondary N) is 1. The fourth-order valence-electron chi connectivity index (χ4n) is 1.55. The van der Waals surface area contributed by atoms with Gasteiger partial charge in [-0.1, -0.05) is 13.0 Å². The van der Waals surface area contributed by atoms with Crippen LogP contribution in [0.4, 0.5) is 10.1 Å². The van der Waals surface area contributed by atoms with E-state index in [9.17, 15) is 4.39 Å². The van der Waals surface area contributed by atoms with Crippen LogP contribution in [-0.2, 0) is 0 Å². The second-order valence-corrected chi connectivity index (χ2v) is 3.47. The lowest BCUT2D eigenvalue weighted by atomic mass is 10.1. The van der Waals surface area contributed by atoms with Crippen molar-refractivity contribution in [2.75, 3.05) is 18.5 Å². The van der Waals surface area contributed by atoms with Gasteiger partial charge in [0.2, 0.25) is 0 Å². The van der Waals surface area contributed by atoms with Crippen molar-refractivity contribution in [1.82, 2.24) is 0 Å². The van der Waals surface area contributed by atoms with Crippen LogP contribution in [0, 0.1) is 11.2 Å². The molecule has 1 aromatic carbocycles. The molecule has 0 aromatic heterocycles. The van der Waals surface area contributed by atoms with Crippen LogP contribution in [0.25, 0.3) is 0 Å². The van der Waals surface area contributed by atoms with E-state index < -0.39 is 5.82 Å². The van der Waals surface area contributed by atoms with Gasteiger partial charge in [-0.15, -0.1) is 0 Å². The Hall–Kier alpha value is -1.58. The van der Waals surface area contributed by atoms with E-state index in [1.165, 1.54) is 6.07 Å². The molecule has 3 N–H and O–H groups in total. The summed E-state index contributed by atoms with van der Waals surface area (Å²) < 4.78 is 13.5. The lowest BCUT2D eigenvalue weighted by Crippen LogP contribution is -2.24. The van der Waals surface area contributed by atoms with E-state index in [1.54, 1.807) is 12.1 Å². The zero-order valence-electron chi connectivity index (χ0n) is 9.05. The summed E-state index contributed by atoms with van der Waals surface area (Å²) in [6.07, 6.45) is 0.963. The summed E-state index contributed by atoms with van der Waals surface area (Å²) in [4.78, 5) is 1.90. The summed E-state index contributed by atoms with van der Waals surface area (Å²) in [6, 6.07) is 4.72. The summed E-state index contributed by atoms with van der Waals surface area (Å²) in [7, 11) is 1.87. The predicted octanol–water partition coefficient (Wildman–Crippen LogP) is 1.96.